The summed E-state index contributed by atoms with van der Waals surface area (Å²) in [6.07, 6.45) is -6.32. The van der Waals surface area contributed by atoms with Crippen molar-refractivity contribution in [2.24, 2.45) is 0 Å². The van der Waals surface area contributed by atoms with E-state index in [1.807, 2.05) is 4.98 Å². The number of ether oxygens (including phenoxy) is 3. The van der Waals surface area contributed by atoms with Gasteiger partial charge < -0.3 is 45.3 Å². The number of aliphatic hydroxyl groups excluding tert-OH is 4. The van der Waals surface area contributed by atoms with Crippen molar-refractivity contribution in [2.75, 3.05) is 13.2 Å². The number of amides is 2. The van der Waals surface area contributed by atoms with Gasteiger partial charge in [0.15, 0.2) is 12.0 Å². The van der Waals surface area contributed by atoms with Gasteiger partial charge in [-0.05, 0) is 25.3 Å². The summed E-state index contributed by atoms with van der Waals surface area (Å²) < 4.78 is 17.2. The highest BCUT2D eigenvalue weighted by atomic mass is 16.7. The first-order chi connectivity index (χ1) is 17.2. The third-order valence-electron chi connectivity index (χ3n) is 6.15. The number of hydrogen-bond acceptors (Lipinski definition) is 11. The molecule has 7 N–H and O–H groups in total. The number of aromatic amines is 1. The summed E-state index contributed by atoms with van der Waals surface area (Å²) in [7, 11) is 0. The highest BCUT2D eigenvalue weighted by molar-refractivity contribution is 5.95. The van der Waals surface area contributed by atoms with E-state index in [1.54, 1.807) is 0 Å². The molecule has 0 spiro atoms. The SMILES string of the molecule is O=C(N[C@H]1CCCCNC1=O)C1=C[C@H](O)[C@H](O)[C@@H](OC[C@H]2O[C@@H](n3ccc(=O)[nH]c3=O)[C@H](O)[C@@H]2O)O1. The van der Waals surface area contributed by atoms with E-state index in [1.165, 1.54) is 0 Å². The maximum atomic E-state index is 12.6. The van der Waals surface area contributed by atoms with E-state index in [4.69, 9.17) is 14.2 Å². The molecule has 36 heavy (non-hydrogen) atoms. The van der Waals surface area contributed by atoms with Crippen molar-refractivity contribution in [3.8, 4) is 0 Å². The molecule has 15 heteroatoms. The predicted molar refractivity (Wildman–Crippen MR) is 117 cm³/mol. The molecule has 0 unspecified atom stereocenters. The zero-order valence-electron chi connectivity index (χ0n) is 19.0. The number of nitrogens with zero attached hydrogens (tertiary/aromatic N) is 1. The van der Waals surface area contributed by atoms with Crippen molar-refractivity contribution in [3.63, 3.8) is 0 Å². The number of rotatable bonds is 6. The van der Waals surface area contributed by atoms with Gasteiger partial charge in [0.1, 0.15) is 36.6 Å². The lowest BCUT2D eigenvalue weighted by molar-refractivity contribution is -0.218. The first-order valence-electron chi connectivity index (χ1n) is 11.4. The normalized spacial score (nSPS) is 34.8. The second kappa shape index (κ2) is 10.9. The molecule has 1 aromatic heterocycles. The van der Waals surface area contributed by atoms with Crippen LogP contribution in [0.25, 0.3) is 0 Å². The van der Waals surface area contributed by atoms with Crippen LogP contribution in [0.4, 0.5) is 0 Å². The highest BCUT2D eigenvalue weighted by Gasteiger charge is 2.45. The van der Waals surface area contributed by atoms with Crippen molar-refractivity contribution in [3.05, 3.63) is 44.9 Å². The number of carbonyl (C=O) groups is 2. The van der Waals surface area contributed by atoms with Crippen LogP contribution in [-0.4, -0.2) is 97.8 Å². The lowest BCUT2D eigenvalue weighted by Crippen LogP contribution is -2.50. The molecule has 0 saturated carbocycles. The van der Waals surface area contributed by atoms with Crippen LogP contribution in [-0.2, 0) is 23.8 Å². The summed E-state index contributed by atoms with van der Waals surface area (Å²) in [5.41, 5.74) is -1.52. The van der Waals surface area contributed by atoms with Gasteiger partial charge in [-0.25, -0.2) is 4.79 Å². The summed E-state index contributed by atoms with van der Waals surface area (Å²) in [6, 6.07) is 0.253. The Morgan fingerprint density at radius 3 is 2.67 bits per heavy atom. The second-order valence-electron chi connectivity index (χ2n) is 8.71. The number of aromatic nitrogens is 2. The minimum absolute atomic E-state index is 0.340. The van der Waals surface area contributed by atoms with Gasteiger partial charge in [0.05, 0.1) is 6.61 Å². The minimum Gasteiger partial charge on any atom is -0.456 e. The van der Waals surface area contributed by atoms with Gasteiger partial charge in [0.2, 0.25) is 12.2 Å². The van der Waals surface area contributed by atoms with Crippen LogP contribution in [0.15, 0.2) is 33.7 Å². The van der Waals surface area contributed by atoms with E-state index in [0.29, 0.717) is 13.0 Å². The van der Waals surface area contributed by atoms with Crippen LogP contribution >= 0.6 is 0 Å². The van der Waals surface area contributed by atoms with Crippen LogP contribution in [0.1, 0.15) is 25.5 Å². The summed E-state index contributed by atoms with van der Waals surface area (Å²) in [5, 5.41) is 46.3. The standard InChI is InChI=1S/C21H28N4O11/c26-10-7-11(18(32)23-9-3-1-2-5-22-17(9)31)36-20(14(10)28)34-8-12-15(29)16(30)19(35-12)25-6-4-13(27)24-21(25)33/h4,6-7,9-10,12,14-16,19-20,26,28-30H,1-3,5,8H2,(H,22,31)(H,23,32)(H,24,27,33)/t9-,10-,12+,14-,15+,16+,19+,20-/m0/s1. The maximum absolute atomic E-state index is 12.6. The third-order valence-corrected chi connectivity index (χ3v) is 6.15. The fourth-order valence-corrected chi connectivity index (χ4v) is 4.13. The Kier molecular flexibility index (Phi) is 7.87. The van der Waals surface area contributed by atoms with Crippen LogP contribution < -0.4 is 21.9 Å². The third kappa shape index (κ3) is 5.50. The molecule has 0 aromatic carbocycles. The van der Waals surface area contributed by atoms with Crippen molar-refractivity contribution < 1.29 is 44.2 Å². The number of nitrogens with one attached hydrogen (secondary N) is 3. The van der Waals surface area contributed by atoms with E-state index in [2.05, 4.69) is 10.6 Å². The topological polar surface area (TPSA) is 222 Å². The molecule has 0 aliphatic carbocycles. The Morgan fingerprint density at radius 1 is 1.14 bits per heavy atom. The lowest BCUT2D eigenvalue weighted by atomic mass is 10.1. The summed E-state index contributed by atoms with van der Waals surface area (Å²) in [5.74, 6) is -1.50. The van der Waals surface area contributed by atoms with E-state index in [-0.39, 0.29) is 11.7 Å². The Labute approximate surface area is 203 Å². The Bertz CT molecular complexity index is 1120. The molecule has 0 bridgehead atoms. The van der Waals surface area contributed by atoms with Crippen LogP contribution in [0.3, 0.4) is 0 Å². The number of hydrogen-bond donors (Lipinski definition) is 7. The molecule has 15 nitrogen and oxygen atoms in total. The van der Waals surface area contributed by atoms with Gasteiger partial charge in [-0.3, -0.25) is 23.9 Å². The number of H-pyrrole nitrogens is 1. The van der Waals surface area contributed by atoms with Gasteiger partial charge >= 0.3 is 5.69 Å². The van der Waals surface area contributed by atoms with E-state index in [0.717, 1.165) is 35.7 Å². The van der Waals surface area contributed by atoms with Crippen molar-refractivity contribution in [1.29, 1.82) is 0 Å². The quantitative estimate of drug-likeness (QED) is 0.194. The van der Waals surface area contributed by atoms with Crippen LogP contribution in [0, 0.1) is 0 Å². The molecule has 4 heterocycles. The van der Waals surface area contributed by atoms with Gasteiger partial charge in [-0.15, -0.1) is 0 Å². The molecular formula is C21H28N4O11. The minimum atomic E-state index is -1.61. The molecule has 2 saturated heterocycles. The zero-order chi connectivity index (χ0) is 26.0. The first kappa shape index (κ1) is 26.0. The molecule has 4 rings (SSSR count). The van der Waals surface area contributed by atoms with E-state index >= 15 is 0 Å². The summed E-state index contributed by atoms with van der Waals surface area (Å²) in [4.78, 5) is 50.0. The smallest absolute Gasteiger partial charge is 0.330 e. The lowest BCUT2D eigenvalue weighted by Gasteiger charge is -2.32. The van der Waals surface area contributed by atoms with Crippen molar-refractivity contribution in [1.82, 2.24) is 20.2 Å². The molecule has 8 atom stereocenters. The summed E-state index contributed by atoms with van der Waals surface area (Å²) in [6.45, 7) is 0.0356. The summed E-state index contributed by atoms with van der Waals surface area (Å²) >= 11 is 0. The van der Waals surface area contributed by atoms with E-state index in [9.17, 15) is 39.6 Å². The first-order valence-corrected chi connectivity index (χ1v) is 11.4. The molecule has 2 fully saturated rings. The largest absolute Gasteiger partial charge is 0.456 e. The van der Waals surface area contributed by atoms with Crippen molar-refractivity contribution >= 4 is 11.8 Å². The fourth-order valence-electron chi connectivity index (χ4n) is 4.13. The molecule has 0 radical (unpaired) electrons. The monoisotopic (exact) mass is 512 g/mol. The maximum Gasteiger partial charge on any atom is 0.330 e. The van der Waals surface area contributed by atoms with Crippen molar-refractivity contribution in [2.45, 2.75) is 68.3 Å². The average molecular weight is 512 g/mol. The molecule has 3 aliphatic rings. The highest BCUT2D eigenvalue weighted by Crippen LogP contribution is 2.29. The molecule has 1 aromatic rings. The van der Waals surface area contributed by atoms with Gasteiger partial charge in [-0.2, -0.15) is 0 Å². The second-order valence-corrected chi connectivity index (χ2v) is 8.71. The molecule has 3 aliphatic heterocycles. The Balaban J connectivity index is 1.38. The zero-order valence-corrected chi connectivity index (χ0v) is 19.0. The molecule has 198 valence electrons. The molecule has 2 amide bonds. The van der Waals surface area contributed by atoms with Gasteiger partial charge in [0, 0.05) is 18.8 Å². The van der Waals surface area contributed by atoms with Gasteiger partial charge in [0.25, 0.3) is 11.5 Å². The fraction of sp³-hybridized carbons (Fsp3) is 0.619. The number of aliphatic hydroxyl groups is 4. The van der Waals surface area contributed by atoms with Crippen LogP contribution in [0.2, 0.25) is 0 Å². The van der Waals surface area contributed by atoms with Crippen LogP contribution in [0.5, 0.6) is 0 Å². The Hall–Kier alpha value is -3.08. The van der Waals surface area contributed by atoms with E-state index < -0.39 is 72.8 Å². The average Bonchev–Trinajstić information content (AvgIpc) is 2.98. The molecular weight excluding hydrogens is 484 g/mol. The van der Waals surface area contributed by atoms with Gasteiger partial charge in [-0.1, -0.05) is 0 Å². The number of carbonyl (C=O) groups excluding carboxylic acids is 2. The predicted octanol–water partition coefficient (Wildman–Crippen LogP) is -4.08. The Morgan fingerprint density at radius 2 is 1.92 bits per heavy atom.